The van der Waals surface area contributed by atoms with Crippen molar-refractivity contribution in [1.29, 1.82) is 5.26 Å². The molecule has 1 aromatic heterocycles. The molecule has 98 valence electrons. The molecule has 0 aliphatic carbocycles. The van der Waals surface area contributed by atoms with Crippen LogP contribution in [0.15, 0.2) is 29.1 Å². The Morgan fingerprint density at radius 1 is 1.47 bits per heavy atom. The van der Waals surface area contributed by atoms with E-state index in [2.05, 4.69) is 16.5 Å². The minimum absolute atomic E-state index is 0.242. The van der Waals surface area contributed by atoms with Crippen molar-refractivity contribution in [2.24, 2.45) is 7.05 Å². The molecule has 2 rings (SSSR count). The van der Waals surface area contributed by atoms with E-state index in [1.165, 1.54) is 9.25 Å². The Labute approximate surface area is 110 Å². The van der Waals surface area contributed by atoms with Gasteiger partial charge in [0.2, 0.25) is 5.95 Å². The molecule has 0 saturated carbocycles. The normalized spacial score (nSPS) is 10.2. The van der Waals surface area contributed by atoms with E-state index in [1.807, 2.05) is 6.92 Å². The molecule has 0 fully saturated rings. The first-order valence-corrected chi connectivity index (χ1v) is 6.08. The summed E-state index contributed by atoms with van der Waals surface area (Å²) in [4.78, 5) is 12.1. The van der Waals surface area contributed by atoms with E-state index in [0.717, 1.165) is 13.0 Å². The Morgan fingerprint density at radius 3 is 2.95 bits per heavy atom. The number of aromatic nitrogens is 3. The number of rotatable bonds is 4. The predicted octanol–water partition coefficient (Wildman–Crippen LogP) is 1.26. The Hall–Kier alpha value is -2.55. The van der Waals surface area contributed by atoms with Crippen molar-refractivity contribution in [3.63, 3.8) is 0 Å². The highest BCUT2D eigenvalue weighted by Gasteiger charge is 2.12. The van der Waals surface area contributed by atoms with Gasteiger partial charge in [0.05, 0.1) is 17.3 Å². The lowest BCUT2D eigenvalue weighted by molar-refractivity contribution is 0.726. The fraction of sp³-hybridized carbons (Fsp3) is 0.308. The number of nitrogens with zero attached hydrogens (tertiary/aromatic N) is 4. The van der Waals surface area contributed by atoms with Crippen molar-refractivity contribution in [3.05, 3.63) is 40.3 Å². The average molecular weight is 257 g/mol. The quantitative estimate of drug-likeness (QED) is 0.894. The third kappa shape index (κ3) is 2.50. The third-order valence-corrected chi connectivity index (χ3v) is 2.69. The van der Waals surface area contributed by atoms with Gasteiger partial charge in [0, 0.05) is 13.6 Å². The molecule has 2 aromatic rings. The second-order valence-electron chi connectivity index (χ2n) is 4.15. The summed E-state index contributed by atoms with van der Waals surface area (Å²) >= 11 is 0. The van der Waals surface area contributed by atoms with Crippen LogP contribution in [0.4, 0.5) is 5.95 Å². The molecule has 1 heterocycles. The van der Waals surface area contributed by atoms with Gasteiger partial charge in [0.1, 0.15) is 0 Å². The van der Waals surface area contributed by atoms with Crippen molar-refractivity contribution in [1.82, 2.24) is 14.3 Å². The molecule has 0 aliphatic heterocycles. The first kappa shape index (κ1) is 12.9. The van der Waals surface area contributed by atoms with Gasteiger partial charge in [-0.3, -0.25) is 0 Å². The van der Waals surface area contributed by atoms with Gasteiger partial charge in [0.25, 0.3) is 0 Å². The largest absolute Gasteiger partial charge is 0.354 e. The molecular formula is C13H15N5O. The van der Waals surface area contributed by atoms with Gasteiger partial charge >= 0.3 is 5.69 Å². The van der Waals surface area contributed by atoms with Crippen LogP contribution in [0.5, 0.6) is 0 Å². The van der Waals surface area contributed by atoms with Crippen LogP contribution in [-0.2, 0) is 7.05 Å². The van der Waals surface area contributed by atoms with Crippen LogP contribution in [-0.4, -0.2) is 20.9 Å². The number of benzene rings is 1. The second-order valence-corrected chi connectivity index (χ2v) is 4.15. The summed E-state index contributed by atoms with van der Waals surface area (Å²) in [5.74, 6) is 0.490. The van der Waals surface area contributed by atoms with Gasteiger partial charge in [-0.2, -0.15) is 5.26 Å². The number of nitriles is 1. The summed E-state index contributed by atoms with van der Waals surface area (Å²) in [5.41, 5.74) is 0.902. The van der Waals surface area contributed by atoms with Crippen molar-refractivity contribution in [2.75, 3.05) is 11.9 Å². The molecular weight excluding hydrogens is 242 g/mol. The molecule has 0 bridgehead atoms. The Kier molecular flexibility index (Phi) is 3.66. The highest BCUT2D eigenvalue weighted by Crippen LogP contribution is 2.12. The van der Waals surface area contributed by atoms with Crippen molar-refractivity contribution < 1.29 is 0 Å². The van der Waals surface area contributed by atoms with Gasteiger partial charge in [0.15, 0.2) is 0 Å². The zero-order chi connectivity index (χ0) is 13.8. The van der Waals surface area contributed by atoms with Crippen molar-refractivity contribution in [3.8, 4) is 11.8 Å². The Bertz CT molecular complexity index is 677. The molecule has 0 unspecified atom stereocenters. The zero-order valence-corrected chi connectivity index (χ0v) is 10.9. The van der Waals surface area contributed by atoms with E-state index in [9.17, 15) is 4.79 Å². The maximum absolute atomic E-state index is 12.1. The lowest BCUT2D eigenvalue weighted by Gasteiger charge is -2.06. The van der Waals surface area contributed by atoms with Crippen LogP contribution in [0, 0.1) is 11.3 Å². The van der Waals surface area contributed by atoms with Crippen molar-refractivity contribution in [2.45, 2.75) is 13.3 Å². The highest BCUT2D eigenvalue weighted by molar-refractivity contribution is 5.45. The predicted molar refractivity (Wildman–Crippen MR) is 72.3 cm³/mol. The van der Waals surface area contributed by atoms with E-state index < -0.39 is 0 Å². The minimum atomic E-state index is -0.242. The Morgan fingerprint density at radius 2 is 2.26 bits per heavy atom. The SMILES string of the molecule is CCCNc1nn(C)c(=O)n1-c1cccc(C#N)c1. The summed E-state index contributed by atoms with van der Waals surface area (Å²) in [7, 11) is 1.60. The van der Waals surface area contributed by atoms with Crippen LogP contribution >= 0.6 is 0 Å². The lowest BCUT2D eigenvalue weighted by Crippen LogP contribution is -2.22. The summed E-state index contributed by atoms with van der Waals surface area (Å²) in [6.45, 7) is 2.77. The van der Waals surface area contributed by atoms with Gasteiger partial charge in [-0.05, 0) is 24.6 Å². The lowest BCUT2D eigenvalue weighted by atomic mass is 10.2. The number of hydrogen-bond donors (Lipinski definition) is 1. The van der Waals surface area contributed by atoms with E-state index in [-0.39, 0.29) is 5.69 Å². The van der Waals surface area contributed by atoms with E-state index >= 15 is 0 Å². The number of hydrogen-bond acceptors (Lipinski definition) is 4. The molecule has 0 aliphatic rings. The second kappa shape index (κ2) is 5.40. The Balaban J connectivity index is 2.54. The van der Waals surface area contributed by atoms with Crippen molar-refractivity contribution >= 4 is 5.95 Å². The molecule has 0 saturated heterocycles. The highest BCUT2D eigenvalue weighted by atomic mass is 16.2. The van der Waals surface area contributed by atoms with Gasteiger partial charge in [-0.15, -0.1) is 5.10 Å². The first-order valence-electron chi connectivity index (χ1n) is 6.08. The molecule has 0 atom stereocenters. The monoisotopic (exact) mass is 257 g/mol. The van der Waals surface area contributed by atoms with Crippen LogP contribution in [0.25, 0.3) is 5.69 Å². The molecule has 0 spiro atoms. The van der Waals surface area contributed by atoms with E-state index in [4.69, 9.17) is 5.26 Å². The fourth-order valence-electron chi connectivity index (χ4n) is 1.76. The number of nitrogens with one attached hydrogen (secondary N) is 1. The molecule has 0 radical (unpaired) electrons. The molecule has 19 heavy (non-hydrogen) atoms. The minimum Gasteiger partial charge on any atom is -0.354 e. The molecule has 1 N–H and O–H groups in total. The summed E-state index contributed by atoms with van der Waals surface area (Å²) in [6, 6.07) is 8.95. The van der Waals surface area contributed by atoms with E-state index in [1.54, 1.807) is 31.3 Å². The summed E-state index contributed by atoms with van der Waals surface area (Å²) < 4.78 is 2.74. The summed E-state index contributed by atoms with van der Waals surface area (Å²) in [5, 5.41) is 16.2. The maximum Gasteiger partial charge on any atom is 0.351 e. The average Bonchev–Trinajstić information content (AvgIpc) is 2.72. The van der Waals surface area contributed by atoms with Crippen LogP contribution < -0.4 is 11.0 Å². The third-order valence-electron chi connectivity index (χ3n) is 2.69. The van der Waals surface area contributed by atoms with Gasteiger partial charge in [-0.25, -0.2) is 14.0 Å². The van der Waals surface area contributed by atoms with Crippen LogP contribution in [0.3, 0.4) is 0 Å². The molecule has 6 nitrogen and oxygen atoms in total. The number of anilines is 1. The van der Waals surface area contributed by atoms with E-state index in [0.29, 0.717) is 17.2 Å². The molecule has 1 aromatic carbocycles. The zero-order valence-electron chi connectivity index (χ0n) is 10.9. The van der Waals surface area contributed by atoms with Gasteiger partial charge < -0.3 is 5.32 Å². The fourth-order valence-corrected chi connectivity index (χ4v) is 1.76. The molecule has 0 amide bonds. The standard InChI is InChI=1S/C13H15N5O/c1-3-7-15-12-16-17(2)13(19)18(12)11-6-4-5-10(8-11)9-14/h4-6,8H,3,7H2,1-2H3,(H,15,16). The first-order chi connectivity index (χ1) is 9.17. The maximum atomic E-state index is 12.1. The number of aryl methyl sites for hydroxylation is 1. The summed E-state index contributed by atoms with van der Waals surface area (Å²) in [6.07, 6.45) is 0.934. The molecule has 6 heteroatoms. The van der Waals surface area contributed by atoms with Crippen LogP contribution in [0.1, 0.15) is 18.9 Å². The van der Waals surface area contributed by atoms with Crippen LogP contribution in [0.2, 0.25) is 0 Å². The van der Waals surface area contributed by atoms with Gasteiger partial charge in [-0.1, -0.05) is 13.0 Å². The topological polar surface area (TPSA) is 75.6 Å². The smallest absolute Gasteiger partial charge is 0.351 e.